The fourth-order valence-corrected chi connectivity index (χ4v) is 7.13. The van der Waals surface area contributed by atoms with Gasteiger partial charge in [0.2, 0.25) is 0 Å². The van der Waals surface area contributed by atoms with Gasteiger partial charge in [0, 0.05) is 12.3 Å². The highest BCUT2D eigenvalue weighted by Crippen LogP contribution is 2.65. The van der Waals surface area contributed by atoms with Crippen molar-refractivity contribution in [2.45, 2.75) is 77.4 Å². The molecule has 0 aliphatic heterocycles. The van der Waals surface area contributed by atoms with Gasteiger partial charge in [0.05, 0.1) is 12.2 Å². The molecule has 0 radical (unpaired) electrons. The lowest BCUT2D eigenvalue weighted by atomic mass is 9.44. The average Bonchev–Trinajstić information content (AvgIpc) is 2.78. The van der Waals surface area contributed by atoms with Crippen LogP contribution in [0.15, 0.2) is 0 Å². The van der Waals surface area contributed by atoms with Crippen molar-refractivity contribution in [3.8, 4) is 0 Å². The summed E-state index contributed by atoms with van der Waals surface area (Å²) in [4.78, 5) is 12.4. The van der Waals surface area contributed by atoms with Gasteiger partial charge in [-0.05, 0) is 73.5 Å². The number of carbonyl (C=O) groups is 1. The lowest BCUT2D eigenvalue weighted by molar-refractivity contribution is -0.173. The summed E-state index contributed by atoms with van der Waals surface area (Å²) in [5.41, 5.74) is -0.0503. The standard InChI is InChI=1S/C19H30O3/c1-18-8-3-4-14(20)12(18)6-5-11-13(18)10-16(22)19(2)9-7-15(21)17(11)19/h11-13,15-17,21-22H,3-10H2,1-2H3. The molecule has 3 heteroatoms. The minimum absolute atomic E-state index is 0.0584. The number of aliphatic hydroxyl groups excluding tert-OH is 2. The first-order valence-corrected chi connectivity index (χ1v) is 9.27. The Morgan fingerprint density at radius 2 is 1.82 bits per heavy atom. The van der Waals surface area contributed by atoms with Crippen molar-refractivity contribution in [2.75, 3.05) is 0 Å². The highest BCUT2D eigenvalue weighted by Gasteiger charge is 2.63. The second kappa shape index (κ2) is 4.80. The molecular formula is C19H30O3. The summed E-state index contributed by atoms with van der Waals surface area (Å²) in [5, 5.41) is 21.5. The Morgan fingerprint density at radius 1 is 1.05 bits per heavy atom. The molecule has 0 bridgehead atoms. The Hall–Kier alpha value is -0.410. The molecule has 0 heterocycles. The van der Waals surface area contributed by atoms with Gasteiger partial charge in [-0.2, -0.15) is 0 Å². The maximum atomic E-state index is 12.4. The summed E-state index contributed by atoms with van der Waals surface area (Å²) in [6.45, 7) is 4.50. The van der Waals surface area contributed by atoms with Crippen LogP contribution in [0.3, 0.4) is 0 Å². The molecular weight excluding hydrogens is 276 g/mol. The molecule has 124 valence electrons. The smallest absolute Gasteiger partial charge is 0.136 e. The molecule has 4 aliphatic rings. The monoisotopic (exact) mass is 306 g/mol. The molecule has 0 saturated heterocycles. The number of hydrogen-bond donors (Lipinski definition) is 2. The van der Waals surface area contributed by atoms with Crippen molar-refractivity contribution >= 4 is 5.78 Å². The van der Waals surface area contributed by atoms with Crippen LogP contribution in [0, 0.1) is 34.5 Å². The summed E-state index contributed by atoms with van der Waals surface area (Å²) < 4.78 is 0. The van der Waals surface area contributed by atoms with E-state index in [0.29, 0.717) is 17.6 Å². The zero-order valence-electron chi connectivity index (χ0n) is 13.9. The summed E-state index contributed by atoms with van der Waals surface area (Å²) in [6, 6.07) is 0. The molecule has 2 N–H and O–H groups in total. The van der Waals surface area contributed by atoms with Crippen LogP contribution in [0.5, 0.6) is 0 Å². The average molecular weight is 306 g/mol. The van der Waals surface area contributed by atoms with Crippen molar-refractivity contribution in [2.24, 2.45) is 34.5 Å². The van der Waals surface area contributed by atoms with Crippen LogP contribution in [-0.2, 0) is 4.79 Å². The van der Waals surface area contributed by atoms with Crippen LogP contribution in [0.1, 0.15) is 65.2 Å². The van der Waals surface area contributed by atoms with Gasteiger partial charge in [0.1, 0.15) is 5.78 Å². The van der Waals surface area contributed by atoms with Crippen LogP contribution in [0.4, 0.5) is 0 Å². The van der Waals surface area contributed by atoms with Crippen molar-refractivity contribution in [1.82, 2.24) is 0 Å². The molecule has 0 aromatic heterocycles. The van der Waals surface area contributed by atoms with E-state index in [1.165, 1.54) is 0 Å². The Kier molecular flexibility index (Phi) is 3.30. The van der Waals surface area contributed by atoms with Crippen LogP contribution in [0.2, 0.25) is 0 Å². The van der Waals surface area contributed by atoms with Crippen molar-refractivity contribution < 1.29 is 15.0 Å². The third-order valence-electron chi connectivity index (χ3n) is 8.33. The van der Waals surface area contributed by atoms with Gasteiger partial charge in [-0.15, -0.1) is 0 Å². The SMILES string of the molecule is CC12CCCC(=O)C1CCC1C2CC(O)C2(C)CCC(O)C12. The lowest BCUT2D eigenvalue weighted by Crippen LogP contribution is -2.59. The highest BCUT2D eigenvalue weighted by atomic mass is 16.3. The van der Waals surface area contributed by atoms with E-state index in [0.717, 1.165) is 51.4 Å². The highest BCUT2D eigenvalue weighted by molar-refractivity contribution is 5.82. The molecule has 22 heavy (non-hydrogen) atoms. The molecule has 0 aromatic carbocycles. The third kappa shape index (κ3) is 1.78. The molecule has 4 aliphatic carbocycles. The molecule has 0 aromatic rings. The number of Topliss-reactive ketones (excluding diaryl/α,β-unsaturated/α-hetero) is 1. The predicted molar refractivity (Wildman–Crippen MR) is 84.1 cm³/mol. The normalized spacial score (nSPS) is 57.9. The van der Waals surface area contributed by atoms with E-state index in [1.54, 1.807) is 0 Å². The van der Waals surface area contributed by atoms with Crippen molar-refractivity contribution in [1.29, 1.82) is 0 Å². The van der Waals surface area contributed by atoms with E-state index in [2.05, 4.69) is 13.8 Å². The number of aliphatic hydroxyl groups is 2. The van der Waals surface area contributed by atoms with Gasteiger partial charge >= 0.3 is 0 Å². The van der Waals surface area contributed by atoms with Crippen LogP contribution < -0.4 is 0 Å². The summed E-state index contributed by atoms with van der Waals surface area (Å²) in [6.07, 6.45) is 7.01. The van der Waals surface area contributed by atoms with Gasteiger partial charge in [-0.25, -0.2) is 0 Å². The van der Waals surface area contributed by atoms with Gasteiger partial charge in [-0.3, -0.25) is 4.79 Å². The lowest BCUT2D eigenvalue weighted by Gasteiger charge is -2.60. The fourth-order valence-electron chi connectivity index (χ4n) is 7.13. The minimum Gasteiger partial charge on any atom is -0.393 e. The molecule has 4 rings (SSSR count). The molecule has 0 amide bonds. The van der Waals surface area contributed by atoms with Crippen molar-refractivity contribution in [3.05, 3.63) is 0 Å². The topological polar surface area (TPSA) is 57.5 Å². The second-order valence-corrected chi connectivity index (χ2v) is 9.12. The first-order valence-electron chi connectivity index (χ1n) is 9.27. The largest absolute Gasteiger partial charge is 0.393 e. The minimum atomic E-state index is -0.316. The zero-order valence-corrected chi connectivity index (χ0v) is 13.9. The molecule has 8 atom stereocenters. The molecule has 4 fully saturated rings. The molecule has 4 saturated carbocycles. The quantitative estimate of drug-likeness (QED) is 0.723. The number of carbonyl (C=O) groups excluding carboxylic acids is 1. The zero-order chi connectivity index (χ0) is 15.7. The van der Waals surface area contributed by atoms with Crippen LogP contribution in [-0.4, -0.2) is 28.2 Å². The Morgan fingerprint density at radius 3 is 2.59 bits per heavy atom. The van der Waals surface area contributed by atoms with E-state index >= 15 is 0 Å². The van der Waals surface area contributed by atoms with Crippen LogP contribution in [0.25, 0.3) is 0 Å². The number of hydrogen-bond acceptors (Lipinski definition) is 3. The first kappa shape index (κ1) is 15.1. The van der Waals surface area contributed by atoms with E-state index in [-0.39, 0.29) is 34.9 Å². The van der Waals surface area contributed by atoms with Crippen LogP contribution >= 0.6 is 0 Å². The Bertz CT molecular complexity index is 489. The van der Waals surface area contributed by atoms with E-state index in [4.69, 9.17) is 0 Å². The van der Waals surface area contributed by atoms with Gasteiger partial charge in [-0.1, -0.05) is 13.8 Å². The fraction of sp³-hybridized carbons (Fsp3) is 0.947. The Balaban J connectivity index is 1.72. The predicted octanol–water partition coefficient (Wildman–Crippen LogP) is 2.93. The first-order chi connectivity index (χ1) is 10.4. The number of rotatable bonds is 0. The van der Waals surface area contributed by atoms with E-state index < -0.39 is 0 Å². The second-order valence-electron chi connectivity index (χ2n) is 9.12. The van der Waals surface area contributed by atoms with Gasteiger partial charge in [0.25, 0.3) is 0 Å². The Labute approximate surface area is 133 Å². The van der Waals surface area contributed by atoms with Gasteiger partial charge in [0.15, 0.2) is 0 Å². The summed E-state index contributed by atoms with van der Waals surface area (Å²) >= 11 is 0. The molecule has 8 unspecified atom stereocenters. The molecule has 3 nitrogen and oxygen atoms in total. The number of fused-ring (bicyclic) bond motifs is 5. The maximum absolute atomic E-state index is 12.4. The maximum Gasteiger partial charge on any atom is 0.136 e. The number of ketones is 1. The summed E-state index contributed by atoms with van der Waals surface area (Å²) in [5.74, 6) is 1.81. The van der Waals surface area contributed by atoms with E-state index in [9.17, 15) is 15.0 Å². The van der Waals surface area contributed by atoms with E-state index in [1.807, 2.05) is 0 Å². The summed E-state index contributed by atoms with van der Waals surface area (Å²) in [7, 11) is 0. The van der Waals surface area contributed by atoms with Gasteiger partial charge < -0.3 is 10.2 Å². The van der Waals surface area contributed by atoms with Crippen molar-refractivity contribution in [3.63, 3.8) is 0 Å². The third-order valence-corrected chi connectivity index (χ3v) is 8.33. The molecule has 0 spiro atoms.